The number of furan rings is 1. The highest BCUT2D eigenvalue weighted by Gasteiger charge is 2.18. The van der Waals surface area contributed by atoms with E-state index >= 15 is 0 Å². The predicted molar refractivity (Wildman–Crippen MR) is 37.0 cm³/mol. The quantitative estimate of drug-likeness (QED) is 0.625. The van der Waals surface area contributed by atoms with Gasteiger partial charge in [-0.3, -0.25) is 0 Å². The van der Waals surface area contributed by atoms with E-state index in [0.29, 0.717) is 6.10 Å². The topological polar surface area (TPSA) is 22.4 Å². The van der Waals surface area contributed by atoms with Crippen LogP contribution in [0.4, 0.5) is 0 Å². The Kier molecular flexibility index (Phi) is 1.38. The molecular weight excluding hydrogens is 128 g/mol. The number of hydrogen-bond acceptors (Lipinski definition) is 2. The fourth-order valence-electron chi connectivity index (χ4n) is 1.00. The van der Waals surface area contributed by atoms with Gasteiger partial charge in [-0.1, -0.05) is 0 Å². The largest absolute Gasteiger partial charge is 0.487 e. The maximum Gasteiger partial charge on any atom is 0.157 e. The lowest BCUT2D eigenvalue weighted by Gasteiger charge is -2.25. The summed E-state index contributed by atoms with van der Waals surface area (Å²) in [5.41, 5.74) is 0. The minimum atomic E-state index is 0.456. The van der Waals surface area contributed by atoms with Crippen LogP contribution in [0.1, 0.15) is 19.3 Å². The Morgan fingerprint density at radius 2 is 2.40 bits per heavy atom. The molecule has 1 saturated carbocycles. The zero-order valence-electron chi connectivity index (χ0n) is 5.75. The fourth-order valence-corrected chi connectivity index (χ4v) is 1.00. The molecule has 0 unspecified atom stereocenters. The van der Waals surface area contributed by atoms with Crippen molar-refractivity contribution in [2.75, 3.05) is 0 Å². The molecule has 0 radical (unpaired) electrons. The summed E-state index contributed by atoms with van der Waals surface area (Å²) >= 11 is 0. The lowest BCUT2D eigenvalue weighted by atomic mass is 9.96. The van der Waals surface area contributed by atoms with E-state index in [1.165, 1.54) is 19.3 Å². The van der Waals surface area contributed by atoms with Crippen molar-refractivity contribution in [1.82, 2.24) is 0 Å². The van der Waals surface area contributed by atoms with Crippen molar-refractivity contribution in [3.05, 3.63) is 18.6 Å². The van der Waals surface area contributed by atoms with Gasteiger partial charge in [-0.05, 0) is 19.3 Å². The van der Waals surface area contributed by atoms with Crippen molar-refractivity contribution >= 4 is 0 Å². The second-order valence-electron chi connectivity index (χ2n) is 2.63. The van der Waals surface area contributed by atoms with E-state index < -0.39 is 0 Å². The second kappa shape index (κ2) is 2.37. The van der Waals surface area contributed by atoms with Gasteiger partial charge in [-0.25, -0.2) is 0 Å². The van der Waals surface area contributed by atoms with Gasteiger partial charge >= 0.3 is 0 Å². The van der Waals surface area contributed by atoms with Crippen LogP contribution in [0.15, 0.2) is 23.0 Å². The first kappa shape index (κ1) is 5.83. The highest BCUT2D eigenvalue weighted by atomic mass is 16.5. The van der Waals surface area contributed by atoms with Crippen molar-refractivity contribution < 1.29 is 9.15 Å². The van der Waals surface area contributed by atoms with E-state index in [0.717, 1.165) is 5.75 Å². The third kappa shape index (κ3) is 1.01. The summed E-state index contributed by atoms with van der Waals surface area (Å²) in [6.45, 7) is 0. The number of hydrogen-bond donors (Lipinski definition) is 0. The first-order chi connectivity index (χ1) is 4.95. The summed E-state index contributed by atoms with van der Waals surface area (Å²) in [6, 6.07) is 1.85. The number of rotatable bonds is 2. The van der Waals surface area contributed by atoms with E-state index in [-0.39, 0.29) is 0 Å². The predicted octanol–water partition coefficient (Wildman–Crippen LogP) is 2.21. The summed E-state index contributed by atoms with van der Waals surface area (Å²) in [6.07, 6.45) is 7.43. The van der Waals surface area contributed by atoms with Gasteiger partial charge in [0.25, 0.3) is 0 Å². The van der Waals surface area contributed by atoms with Crippen LogP contribution < -0.4 is 4.74 Å². The first-order valence-electron chi connectivity index (χ1n) is 3.64. The molecule has 1 aromatic heterocycles. The molecule has 1 aliphatic rings. The molecule has 0 aromatic carbocycles. The highest BCUT2D eigenvalue weighted by Crippen LogP contribution is 2.24. The molecule has 54 valence electrons. The monoisotopic (exact) mass is 138 g/mol. The summed E-state index contributed by atoms with van der Waals surface area (Å²) in [4.78, 5) is 0. The van der Waals surface area contributed by atoms with Crippen LogP contribution in [0.2, 0.25) is 0 Å². The van der Waals surface area contributed by atoms with E-state index in [1.54, 1.807) is 12.5 Å². The van der Waals surface area contributed by atoms with Gasteiger partial charge in [-0.15, -0.1) is 0 Å². The zero-order valence-corrected chi connectivity index (χ0v) is 5.75. The lowest BCUT2D eigenvalue weighted by molar-refractivity contribution is 0.119. The van der Waals surface area contributed by atoms with Crippen LogP contribution in [0.25, 0.3) is 0 Å². The van der Waals surface area contributed by atoms with Gasteiger partial charge in [-0.2, -0.15) is 0 Å². The molecule has 0 atom stereocenters. The van der Waals surface area contributed by atoms with Gasteiger partial charge in [0.15, 0.2) is 5.75 Å². The van der Waals surface area contributed by atoms with Crippen LogP contribution in [0.5, 0.6) is 5.75 Å². The summed E-state index contributed by atoms with van der Waals surface area (Å²) in [5.74, 6) is 0.865. The molecule has 1 fully saturated rings. The molecule has 0 N–H and O–H groups in total. The SMILES string of the molecule is c1cc(OC2CCC2)co1. The average molecular weight is 138 g/mol. The molecule has 0 saturated heterocycles. The third-order valence-electron chi connectivity index (χ3n) is 1.85. The van der Waals surface area contributed by atoms with Crippen LogP contribution in [-0.2, 0) is 0 Å². The summed E-state index contributed by atoms with van der Waals surface area (Å²) in [5, 5.41) is 0. The van der Waals surface area contributed by atoms with Gasteiger partial charge in [0.1, 0.15) is 6.26 Å². The van der Waals surface area contributed by atoms with Crippen LogP contribution in [0, 0.1) is 0 Å². The molecule has 0 aliphatic heterocycles. The van der Waals surface area contributed by atoms with E-state index in [4.69, 9.17) is 9.15 Å². The van der Waals surface area contributed by atoms with Crippen molar-refractivity contribution in [3.63, 3.8) is 0 Å². The van der Waals surface area contributed by atoms with Crippen LogP contribution >= 0.6 is 0 Å². The van der Waals surface area contributed by atoms with E-state index in [2.05, 4.69) is 0 Å². The Balaban J connectivity index is 1.90. The average Bonchev–Trinajstić information content (AvgIpc) is 2.29. The van der Waals surface area contributed by atoms with Gasteiger partial charge in [0.05, 0.1) is 12.4 Å². The molecule has 2 rings (SSSR count). The highest BCUT2D eigenvalue weighted by molar-refractivity contribution is 5.13. The fraction of sp³-hybridized carbons (Fsp3) is 0.500. The summed E-state index contributed by atoms with van der Waals surface area (Å²) < 4.78 is 10.4. The van der Waals surface area contributed by atoms with Crippen molar-refractivity contribution in [3.8, 4) is 5.75 Å². The normalized spacial score (nSPS) is 18.4. The molecule has 10 heavy (non-hydrogen) atoms. The Labute approximate surface area is 59.8 Å². The molecule has 2 nitrogen and oxygen atoms in total. The first-order valence-corrected chi connectivity index (χ1v) is 3.64. The molecule has 0 bridgehead atoms. The Morgan fingerprint density at radius 3 is 2.90 bits per heavy atom. The minimum Gasteiger partial charge on any atom is -0.487 e. The van der Waals surface area contributed by atoms with E-state index in [1.807, 2.05) is 6.07 Å². The van der Waals surface area contributed by atoms with Crippen LogP contribution in [0.3, 0.4) is 0 Å². The molecule has 1 aromatic rings. The van der Waals surface area contributed by atoms with Crippen molar-refractivity contribution in [2.24, 2.45) is 0 Å². The molecule has 0 amide bonds. The second-order valence-corrected chi connectivity index (χ2v) is 2.63. The maximum atomic E-state index is 5.50. The smallest absolute Gasteiger partial charge is 0.157 e. The zero-order chi connectivity index (χ0) is 6.81. The minimum absolute atomic E-state index is 0.456. The molecule has 2 heteroatoms. The standard InChI is InChI=1S/C8H10O2/c1-2-7(3-1)10-8-4-5-9-6-8/h4-7H,1-3H2. The Hall–Kier alpha value is -0.920. The van der Waals surface area contributed by atoms with Gasteiger partial charge in [0.2, 0.25) is 0 Å². The van der Waals surface area contributed by atoms with Crippen molar-refractivity contribution in [1.29, 1.82) is 0 Å². The summed E-state index contributed by atoms with van der Waals surface area (Å²) in [7, 11) is 0. The lowest BCUT2D eigenvalue weighted by Crippen LogP contribution is -2.24. The molecule has 1 aliphatic carbocycles. The molecule has 1 heterocycles. The Bertz CT molecular complexity index is 187. The van der Waals surface area contributed by atoms with Crippen LogP contribution in [-0.4, -0.2) is 6.10 Å². The van der Waals surface area contributed by atoms with Gasteiger partial charge < -0.3 is 9.15 Å². The van der Waals surface area contributed by atoms with Crippen molar-refractivity contribution in [2.45, 2.75) is 25.4 Å². The van der Waals surface area contributed by atoms with E-state index in [9.17, 15) is 0 Å². The Morgan fingerprint density at radius 1 is 1.50 bits per heavy atom. The molecule has 0 spiro atoms. The third-order valence-corrected chi connectivity index (χ3v) is 1.85. The van der Waals surface area contributed by atoms with Gasteiger partial charge in [0, 0.05) is 6.07 Å². The molecular formula is C8H10O2. The number of ether oxygens (including phenoxy) is 1. The maximum absolute atomic E-state index is 5.50.